The first-order valence-electron chi connectivity index (χ1n) is 5.26. The Balaban J connectivity index is 2.64. The Morgan fingerprint density at radius 2 is 1.94 bits per heavy atom. The minimum Gasteiger partial charge on any atom is -0.497 e. The topological polar surface area (TPSA) is 9.23 Å². The number of hydrogen-bond donors (Lipinski definition) is 0. The highest BCUT2D eigenvalue weighted by Gasteiger charge is 2.10. The van der Waals surface area contributed by atoms with Gasteiger partial charge in [-0.25, -0.2) is 4.39 Å². The summed E-state index contributed by atoms with van der Waals surface area (Å²) in [6.07, 6.45) is 5.46. The van der Waals surface area contributed by atoms with E-state index in [1.54, 1.807) is 25.3 Å². The fraction of sp³-hybridized carbons (Fsp3) is 0.0667. The van der Waals surface area contributed by atoms with Gasteiger partial charge in [-0.05, 0) is 42.0 Å². The Bertz CT molecular complexity index is 629. The van der Waals surface area contributed by atoms with Gasteiger partial charge in [-0.1, -0.05) is 17.5 Å². The van der Waals surface area contributed by atoms with E-state index in [1.165, 1.54) is 18.2 Å². The zero-order chi connectivity index (χ0) is 13.1. The monoisotopic (exact) mass is 260 g/mol. The third-order valence-electron chi connectivity index (χ3n) is 2.60. The van der Waals surface area contributed by atoms with Crippen molar-refractivity contribution in [2.24, 2.45) is 0 Å². The van der Waals surface area contributed by atoms with Crippen LogP contribution in [0.15, 0.2) is 36.4 Å². The summed E-state index contributed by atoms with van der Waals surface area (Å²) in [5.74, 6) is 2.85. The molecule has 0 saturated carbocycles. The van der Waals surface area contributed by atoms with Crippen LogP contribution >= 0.6 is 11.6 Å². The van der Waals surface area contributed by atoms with Crippen molar-refractivity contribution in [3.05, 3.63) is 52.8 Å². The summed E-state index contributed by atoms with van der Waals surface area (Å²) < 4.78 is 18.4. The van der Waals surface area contributed by atoms with E-state index in [0.29, 0.717) is 27.5 Å². The fourth-order valence-corrected chi connectivity index (χ4v) is 1.93. The van der Waals surface area contributed by atoms with Crippen molar-refractivity contribution in [1.82, 2.24) is 0 Å². The van der Waals surface area contributed by atoms with Crippen molar-refractivity contribution in [3.8, 4) is 29.2 Å². The molecule has 0 saturated heterocycles. The molecule has 0 bridgehead atoms. The molecule has 0 aromatic heterocycles. The molecule has 2 aromatic carbocycles. The molecule has 0 aliphatic heterocycles. The number of terminal acetylenes is 1. The molecular weight excluding hydrogens is 251 g/mol. The van der Waals surface area contributed by atoms with Gasteiger partial charge in [-0.15, -0.1) is 6.42 Å². The first-order valence-corrected chi connectivity index (χ1v) is 5.63. The van der Waals surface area contributed by atoms with Gasteiger partial charge in [0, 0.05) is 16.1 Å². The average molecular weight is 261 g/mol. The average Bonchev–Trinajstić information content (AvgIpc) is 2.41. The number of halogens is 2. The van der Waals surface area contributed by atoms with Crippen LogP contribution in [0.5, 0.6) is 5.75 Å². The number of benzene rings is 2. The molecule has 1 nitrogen and oxygen atoms in total. The van der Waals surface area contributed by atoms with Crippen molar-refractivity contribution in [2.45, 2.75) is 0 Å². The van der Waals surface area contributed by atoms with Gasteiger partial charge in [0.05, 0.1) is 7.11 Å². The van der Waals surface area contributed by atoms with Crippen LogP contribution < -0.4 is 4.74 Å². The first kappa shape index (κ1) is 12.5. The number of rotatable bonds is 2. The Hall–Kier alpha value is -1.98. The summed E-state index contributed by atoms with van der Waals surface area (Å²) in [6, 6.07) is 9.44. The lowest BCUT2D eigenvalue weighted by Crippen LogP contribution is -1.89. The molecule has 18 heavy (non-hydrogen) atoms. The van der Waals surface area contributed by atoms with E-state index in [2.05, 4.69) is 5.92 Å². The molecule has 0 aliphatic carbocycles. The van der Waals surface area contributed by atoms with E-state index in [1.807, 2.05) is 0 Å². The second-order valence-corrected chi connectivity index (χ2v) is 4.09. The van der Waals surface area contributed by atoms with Gasteiger partial charge in [0.25, 0.3) is 0 Å². The molecule has 2 rings (SSSR count). The molecule has 0 spiro atoms. The zero-order valence-corrected chi connectivity index (χ0v) is 10.5. The molecule has 0 unspecified atom stereocenters. The maximum atomic E-state index is 13.3. The van der Waals surface area contributed by atoms with Crippen molar-refractivity contribution in [3.63, 3.8) is 0 Å². The van der Waals surface area contributed by atoms with Crippen LogP contribution in [0.1, 0.15) is 5.56 Å². The normalized spacial score (nSPS) is 9.89. The highest BCUT2D eigenvalue weighted by atomic mass is 35.5. The molecular formula is C15H10ClFO. The van der Waals surface area contributed by atoms with Gasteiger partial charge >= 0.3 is 0 Å². The lowest BCUT2D eigenvalue weighted by Gasteiger charge is -2.09. The smallest absolute Gasteiger partial charge is 0.123 e. The summed E-state index contributed by atoms with van der Waals surface area (Å²) >= 11 is 6.07. The minimum absolute atomic E-state index is 0.354. The maximum Gasteiger partial charge on any atom is 0.123 e. The van der Waals surface area contributed by atoms with Crippen LogP contribution in [0.3, 0.4) is 0 Å². The van der Waals surface area contributed by atoms with Gasteiger partial charge in [0.15, 0.2) is 0 Å². The van der Waals surface area contributed by atoms with Crippen LogP contribution in [-0.2, 0) is 0 Å². The van der Waals surface area contributed by atoms with Crippen LogP contribution in [0.4, 0.5) is 4.39 Å². The van der Waals surface area contributed by atoms with Gasteiger partial charge in [0.2, 0.25) is 0 Å². The second-order valence-electron chi connectivity index (χ2n) is 3.68. The lowest BCUT2D eigenvalue weighted by atomic mass is 9.99. The summed E-state index contributed by atoms with van der Waals surface area (Å²) in [4.78, 5) is 0. The quantitative estimate of drug-likeness (QED) is 0.738. The van der Waals surface area contributed by atoms with E-state index < -0.39 is 0 Å². The van der Waals surface area contributed by atoms with Crippen molar-refractivity contribution in [2.75, 3.05) is 7.11 Å². The molecule has 0 radical (unpaired) electrons. The van der Waals surface area contributed by atoms with Gasteiger partial charge in [-0.3, -0.25) is 0 Å². The SMILES string of the molecule is C#Cc1cc(OC)ccc1-c1cc(F)ccc1Cl. The third-order valence-corrected chi connectivity index (χ3v) is 2.93. The van der Waals surface area contributed by atoms with Gasteiger partial charge in [0.1, 0.15) is 11.6 Å². The highest BCUT2D eigenvalue weighted by Crippen LogP contribution is 2.32. The van der Waals surface area contributed by atoms with Crippen molar-refractivity contribution in [1.29, 1.82) is 0 Å². The van der Waals surface area contributed by atoms with E-state index in [4.69, 9.17) is 22.8 Å². The first-order chi connectivity index (χ1) is 8.65. The number of ether oxygens (including phenoxy) is 1. The molecule has 0 heterocycles. The Morgan fingerprint density at radius 3 is 2.61 bits per heavy atom. The Kier molecular flexibility index (Phi) is 3.55. The summed E-state index contributed by atoms with van der Waals surface area (Å²) in [6.45, 7) is 0. The Morgan fingerprint density at radius 1 is 1.17 bits per heavy atom. The molecule has 0 aliphatic rings. The maximum absolute atomic E-state index is 13.3. The molecule has 0 fully saturated rings. The van der Waals surface area contributed by atoms with E-state index in [9.17, 15) is 4.39 Å². The molecule has 0 amide bonds. The van der Waals surface area contributed by atoms with E-state index in [-0.39, 0.29) is 5.82 Å². The Labute approximate surface area is 110 Å². The number of hydrogen-bond acceptors (Lipinski definition) is 1. The van der Waals surface area contributed by atoms with Crippen LogP contribution in [0.2, 0.25) is 5.02 Å². The third kappa shape index (κ3) is 2.32. The molecule has 3 heteroatoms. The summed E-state index contributed by atoms with van der Waals surface area (Å²) in [5.41, 5.74) is 1.90. The van der Waals surface area contributed by atoms with E-state index >= 15 is 0 Å². The van der Waals surface area contributed by atoms with Crippen LogP contribution in [-0.4, -0.2) is 7.11 Å². The van der Waals surface area contributed by atoms with E-state index in [0.717, 1.165) is 0 Å². The van der Waals surface area contributed by atoms with Crippen LogP contribution in [0.25, 0.3) is 11.1 Å². The molecule has 2 aromatic rings. The predicted octanol–water partition coefficient (Wildman–Crippen LogP) is 4.14. The fourth-order valence-electron chi connectivity index (χ4n) is 1.71. The highest BCUT2D eigenvalue weighted by molar-refractivity contribution is 6.33. The lowest BCUT2D eigenvalue weighted by molar-refractivity contribution is 0.415. The zero-order valence-electron chi connectivity index (χ0n) is 9.71. The van der Waals surface area contributed by atoms with Crippen molar-refractivity contribution >= 4 is 11.6 Å². The molecule has 0 N–H and O–H groups in total. The second kappa shape index (κ2) is 5.12. The van der Waals surface area contributed by atoms with Crippen molar-refractivity contribution < 1.29 is 9.13 Å². The summed E-state index contributed by atoms with van der Waals surface area (Å²) in [5, 5.41) is 0.457. The van der Waals surface area contributed by atoms with Crippen LogP contribution in [0, 0.1) is 18.2 Å². The van der Waals surface area contributed by atoms with Gasteiger partial charge in [-0.2, -0.15) is 0 Å². The standard InChI is InChI=1S/C15H10ClFO/c1-3-10-8-12(18-2)5-6-13(10)14-9-11(17)4-7-15(14)16/h1,4-9H,2H3. The molecule has 0 atom stereocenters. The predicted molar refractivity (Wildman–Crippen MR) is 71.3 cm³/mol. The minimum atomic E-state index is -0.354. The largest absolute Gasteiger partial charge is 0.497 e. The summed E-state index contributed by atoms with van der Waals surface area (Å²) in [7, 11) is 1.56. The number of methoxy groups -OCH3 is 1. The van der Waals surface area contributed by atoms with Gasteiger partial charge < -0.3 is 4.74 Å². The molecule has 90 valence electrons.